The molecule has 0 aromatic heterocycles. The molecule has 182 valence electrons. The minimum absolute atomic E-state index is 0. The third kappa shape index (κ3) is 9.11. The fraction of sp³-hybridized carbons (Fsp3) is 0.440. The molecule has 0 spiro atoms. The summed E-state index contributed by atoms with van der Waals surface area (Å²) in [6.07, 6.45) is 0.810. The lowest BCUT2D eigenvalue weighted by molar-refractivity contribution is -0.130. The Morgan fingerprint density at radius 3 is 2.30 bits per heavy atom. The highest BCUT2D eigenvalue weighted by atomic mass is 127. The number of carbonyl (C=O) groups is 1. The molecule has 33 heavy (non-hydrogen) atoms. The molecular weight excluding hydrogens is 531 g/mol. The van der Waals surface area contributed by atoms with E-state index in [9.17, 15) is 4.79 Å². The third-order valence-electron chi connectivity index (χ3n) is 5.20. The zero-order valence-electron chi connectivity index (χ0n) is 20.3. The van der Waals surface area contributed by atoms with Crippen molar-refractivity contribution in [2.24, 2.45) is 4.99 Å². The van der Waals surface area contributed by atoms with Crippen LogP contribution in [0.15, 0.2) is 53.5 Å². The second-order valence-corrected chi connectivity index (χ2v) is 7.42. The van der Waals surface area contributed by atoms with Crippen LogP contribution < -0.4 is 14.8 Å². The van der Waals surface area contributed by atoms with E-state index in [1.54, 1.807) is 14.2 Å². The largest absolute Gasteiger partial charge is 0.493 e. The summed E-state index contributed by atoms with van der Waals surface area (Å²) < 4.78 is 10.7. The van der Waals surface area contributed by atoms with E-state index in [1.165, 1.54) is 0 Å². The van der Waals surface area contributed by atoms with Gasteiger partial charge in [0.15, 0.2) is 17.5 Å². The number of benzene rings is 2. The number of ether oxygens (including phenoxy) is 2. The summed E-state index contributed by atoms with van der Waals surface area (Å²) in [4.78, 5) is 21.2. The highest BCUT2D eigenvalue weighted by Crippen LogP contribution is 2.27. The SMILES string of the molecule is CCNC(=NCC(=O)N(CC)Cc1ccccc1)N(C)CCc1ccc(OC)c(OC)c1.I. The molecule has 1 amide bonds. The first-order valence-electron chi connectivity index (χ1n) is 11.0. The Labute approximate surface area is 215 Å². The minimum atomic E-state index is 0. The molecule has 2 aromatic rings. The molecule has 0 bridgehead atoms. The molecule has 2 rings (SSSR count). The van der Waals surface area contributed by atoms with Crippen molar-refractivity contribution in [2.45, 2.75) is 26.8 Å². The molecule has 2 aromatic carbocycles. The van der Waals surface area contributed by atoms with Crippen LogP contribution in [0.5, 0.6) is 11.5 Å². The molecule has 0 aliphatic carbocycles. The quantitative estimate of drug-likeness (QED) is 0.254. The van der Waals surface area contributed by atoms with E-state index in [0.29, 0.717) is 18.8 Å². The molecule has 0 saturated heterocycles. The van der Waals surface area contributed by atoms with Crippen molar-refractivity contribution >= 4 is 35.8 Å². The number of rotatable bonds is 11. The Kier molecular flexibility index (Phi) is 13.3. The highest BCUT2D eigenvalue weighted by Gasteiger charge is 2.14. The van der Waals surface area contributed by atoms with Crippen LogP contribution in [0.1, 0.15) is 25.0 Å². The number of aliphatic imine (C=N–C) groups is 1. The fourth-order valence-corrected chi connectivity index (χ4v) is 3.33. The van der Waals surface area contributed by atoms with Gasteiger partial charge in [-0.15, -0.1) is 24.0 Å². The Balaban J connectivity index is 0.00000544. The standard InChI is InChI=1S/C25H36N4O3.HI/c1-6-26-25(27-18-24(30)29(7-2)19-21-11-9-8-10-12-21)28(3)16-15-20-13-14-22(31-4)23(17-20)32-5;/h8-14,17H,6-7,15-16,18-19H2,1-5H3,(H,26,27);1H. The monoisotopic (exact) mass is 568 g/mol. The summed E-state index contributed by atoms with van der Waals surface area (Å²) in [6, 6.07) is 16.0. The molecular formula is C25H37IN4O3. The van der Waals surface area contributed by atoms with Gasteiger partial charge in [0.05, 0.1) is 14.2 Å². The van der Waals surface area contributed by atoms with E-state index in [4.69, 9.17) is 9.47 Å². The molecule has 0 fully saturated rings. The minimum Gasteiger partial charge on any atom is -0.493 e. The maximum atomic E-state index is 12.8. The topological polar surface area (TPSA) is 66.4 Å². The molecule has 0 unspecified atom stereocenters. The lowest BCUT2D eigenvalue weighted by atomic mass is 10.1. The lowest BCUT2D eigenvalue weighted by Gasteiger charge is -2.23. The Hall–Kier alpha value is -2.49. The van der Waals surface area contributed by atoms with Crippen LogP contribution in [0, 0.1) is 0 Å². The molecule has 0 radical (unpaired) electrons. The van der Waals surface area contributed by atoms with Crippen molar-refractivity contribution in [3.8, 4) is 11.5 Å². The first-order chi connectivity index (χ1) is 15.5. The number of halogens is 1. The molecule has 0 aliphatic rings. The Bertz CT molecular complexity index is 877. The third-order valence-corrected chi connectivity index (χ3v) is 5.20. The van der Waals surface area contributed by atoms with Crippen molar-refractivity contribution in [3.05, 3.63) is 59.7 Å². The van der Waals surface area contributed by atoms with Gasteiger partial charge in [0.2, 0.25) is 5.91 Å². The van der Waals surface area contributed by atoms with Gasteiger partial charge in [-0.05, 0) is 43.5 Å². The van der Waals surface area contributed by atoms with Gasteiger partial charge < -0.3 is 24.6 Å². The number of guanidine groups is 1. The van der Waals surface area contributed by atoms with Gasteiger partial charge in [0, 0.05) is 33.2 Å². The van der Waals surface area contributed by atoms with Crippen LogP contribution in [-0.4, -0.2) is 69.1 Å². The smallest absolute Gasteiger partial charge is 0.244 e. The number of hydrogen-bond donors (Lipinski definition) is 1. The molecule has 0 atom stereocenters. The van der Waals surface area contributed by atoms with E-state index in [-0.39, 0.29) is 36.4 Å². The molecule has 0 heterocycles. The molecule has 0 aliphatic heterocycles. The van der Waals surface area contributed by atoms with Crippen LogP contribution in [0.25, 0.3) is 0 Å². The van der Waals surface area contributed by atoms with Crippen LogP contribution in [0.4, 0.5) is 0 Å². The number of nitrogens with one attached hydrogen (secondary N) is 1. The normalized spacial score (nSPS) is 10.8. The molecule has 1 N–H and O–H groups in total. The summed E-state index contributed by atoms with van der Waals surface area (Å²) in [6.45, 7) is 6.85. The predicted molar refractivity (Wildman–Crippen MR) is 145 cm³/mol. The molecule has 7 nitrogen and oxygen atoms in total. The van der Waals surface area contributed by atoms with Crippen molar-refractivity contribution in [1.82, 2.24) is 15.1 Å². The van der Waals surface area contributed by atoms with Crippen molar-refractivity contribution in [2.75, 3.05) is 47.4 Å². The summed E-state index contributed by atoms with van der Waals surface area (Å²) in [5, 5.41) is 3.28. The average Bonchev–Trinajstić information content (AvgIpc) is 2.83. The number of hydrogen-bond acceptors (Lipinski definition) is 4. The van der Waals surface area contributed by atoms with E-state index in [1.807, 2.05) is 79.2 Å². The number of amides is 1. The number of nitrogens with zero attached hydrogens (tertiary/aromatic N) is 3. The number of carbonyl (C=O) groups excluding carboxylic acids is 1. The first-order valence-corrected chi connectivity index (χ1v) is 11.0. The van der Waals surface area contributed by atoms with Gasteiger partial charge in [-0.1, -0.05) is 36.4 Å². The van der Waals surface area contributed by atoms with Gasteiger partial charge in [-0.2, -0.15) is 0 Å². The Morgan fingerprint density at radius 1 is 1.00 bits per heavy atom. The first kappa shape index (κ1) is 28.5. The van der Waals surface area contributed by atoms with Crippen molar-refractivity contribution in [1.29, 1.82) is 0 Å². The average molecular weight is 569 g/mol. The maximum Gasteiger partial charge on any atom is 0.244 e. The van der Waals surface area contributed by atoms with Gasteiger partial charge in [-0.3, -0.25) is 4.79 Å². The molecule has 8 heteroatoms. The Morgan fingerprint density at radius 2 is 1.70 bits per heavy atom. The second kappa shape index (κ2) is 15.4. The van der Waals surface area contributed by atoms with Crippen molar-refractivity contribution in [3.63, 3.8) is 0 Å². The maximum absolute atomic E-state index is 12.8. The summed E-state index contributed by atoms with van der Waals surface area (Å²) in [7, 11) is 5.25. The summed E-state index contributed by atoms with van der Waals surface area (Å²) in [5.74, 6) is 2.17. The van der Waals surface area contributed by atoms with E-state index in [0.717, 1.165) is 42.3 Å². The van der Waals surface area contributed by atoms with Gasteiger partial charge in [0.25, 0.3) is 0 Å². The summed E-state index contributed by atoms with van der Waals surface area (Å²) in [5.41, 5.74) is 2.26. The van der Waals surface area contributed by atoms with Crippen LogP contribution in [0.3, 0.4) is 0 Å². The van der Waals surface area contributed by atoms with Crippen LogP contribution in [0.2, 0.25) is 0 Å². The van der Waals surface area contributed by atoms with Gasteiger partial charge in [-0.25, -0.2) is 4.99 Å². The number of methoxy groups -OCH3 is 2. The lowest BCUT2D eigenvalue weighted by Crippen LogP contribution is -2.41. The van der Waals surface area contributed by atoms with Crippen LogP contribution >= 0.6 is 24.0 Å². The number of likely N-dealkylation sites (N-methyl/N-ethyl adjacent to an activating group) is 2. The van der Waals surface area contributed by atoms with Crippen molar-refractivity contribution < 1.29 is 14.3 Å². The second-order valence-electron chi connectivity index (χ2n) is 7.42. The fourth-order valence-electron chi connectivity index (χ4n) is 3.33. The zero-order chi connectivity index (χ0) is 23.3. The van der Waals surface area contributed by atoms with Crippen LogP contribution in [-0.2, 0) is 17.8 Å². The van der Waals surface area contributed by atoms with E-state index in [2.05, 4.69) is 10.3 Å². The van der Waals surface area contributed by atoms with Gasteiger partial charge in [0.1, 0.15) is 6.54 Å². The van der Waals surface area contributed by atoms with E-state index >= 15 is 0 Å². The predicted octanol–water partition coefficient (Wildman–Crippen LogP) is 3.81. The highest BCUT2D eigenvalue weighted by molar-refractivity contribution is 14.0. The van der Waals surface area contributed by atoms with Gasteiger partial charge >= 0.3 is 0 Å². The van der Waals surface area contributed by atoms with E-state index < -0.39 is 0 Å². The summed E-state index contributed by atoms with van der Waals surface area (Å²) >= 11 is 0. The zero-order valence-corrected chi connectivity index (χ0v) is 22.7. The molecule has 0 saturated carbocycles.